The number of carbonyl (C=O) groups is 3. The molecule has 6 rings (SSSR count). The smallest absolute Gasteiger partial charge is 0.325 e. The predicted molar refractivity (Wildman–Crippen MR) is 117 cm³/mol. The summed E-state index contributed by atoms with van der Waals surface area (Å²) in [6.07, 6.45) is 7.04. The summed E-state index contributed by atoms with van der Waals surface area (Å²) in [4.78, 5) is 39.9. The number of benzene rings is 1. The van der Waals surface area contributed by atoms with E-state index in [1.807, 2.05) is 24.3 Å². The van der Waals surface area contributed by atoms with Crippen molar-refractivity contribution < 1.29 is 14.4 Å². The van der Waals surface area contributed by atoms with E-state index in [-0.39, 0.29) is 23.9 Å². The molecule has 2 N–H and O–H groups in total. The van der Waals surface area contributed by atoms with E-state index >= 15 is 0 Å². The predicted octanol–water partition coefficient (Wildman–Crippen LogP) is 3.66. The number of nitrogens with zero attached hydrogens (tertiary/aromatic N) is 1. The topological polar surface area (TPSA) is 78.5 Å². The van der Waals surface area contributed by atoms with Gasteiger partial charge in [0.05, 0.1) is 0 Å². The number of rotatable bonds is 5. The standard InChI is InChI=1S/C25H33N3O3/c1-15(2)19-4-6-20(7-5-19)24(3)22(30)28(23(31)27-24)14-21(29)26-25-11-16-8-17(12-25)10-18(9-16)13-25/h4-7,15-18H,8-14H2,1-3H3,(H,26,29)(H,27,31)/t16?,17?,18?,24-,25?/m1/s1. The molecule has 1 aliphatic heterocycles. The molecule has 5 aliphatic rings. The van der Waals surface area contributed by atoms with Crippen LogP contribution in [0.1, 0.15) is 76.3 Å². The van der Waals surface area contributed by atoms with Crippen LogP contribution in [0, 0.1) is 17.8 Å². The van der Waals surface area contributed by atoms with E-state index in [9.17, 15) is 14.4 Å². The third kappa shape index (κ3) is 3.44. The fraction of sp³-hybridized carbons (Fsp3) is 0.640. The maximum atomic E-state index is 13.2. The number of imide groups is 1. The molecule has 31 heavy (non-hydrogen) atoms. The van der Waals surface area contributed by atoms with Crippen molar-refractivity contribution >= 4 is 17.8 Å². The molecular formula is C25H33N3O3. The Hall–Kier alpha value is -2.37. The van der Waals surface area contributed by atoms with E-state index < -0.39 is 11.6 Å². The van der Waals surface area contributed by atoms with Gasteiger partial charge in [0.1, 0.15) is 12.1 Å². The lowest BCUT2D eigenvalue weighted by Gasteiger charge is -2.56. The molecule has 4 bridgehead atoms. The summed E-state index contributed by atoms with van der Waals surface area (Å²) < 4.78 is 0. The fourth-order valence-corrected chi connectivity index (χ4v) is 6.98. The maximum absolute atomic E-state index is 13.2. The first-order valence-electron chi connectivity index (χ1n) is 11.7. The van der Waals surface area contributed by atoms with Crippen LogP contribution in [0.2, 0.25) is 0 Å². The van der Waals surface area contributed by atoms with Crippen molar-refractivity contribution in [1.82, 2.24) is 15.5 Å². The van der Waals surface area contributed by atoms with Crippen LogP contribution in [0.4, 0.5) is 4.79 Å². The molecule has 1 aromatic rings. The Morgan fingerprint density at radius 3 is 2.13 bits per heavy atom. The third-order valence-electron chi connectivity index (χ3n) is 8.17. The van der Waals surface area contributed by atoms with Crippen LogP contribution in [-0.2, 0) is 15.1 Å². The molecule has 1 atom stereocenters. The van der Waals surface area contributed by atoms with Gasteiger partial charge in [0, 0.05) is 5.54 Å². The zero-order valence-electron chi connectivity index (χ0n) is 18.7. The van der Waals surface area contributed by atoms with Crippen molar-refractivity contribution in [2.75, 3.05) is 6.54 Å². The van der Waals surface area contributed by atoms with Crippen LogP contribution < -0.4 is 10.6 Å². The van der Waals surface area contributed by atoms with Gasteiger partial charge in [-0.05, 0) is 80.2 Å². The van der Waals surface area contributed by atoms with Gasteiger partial charge in [-0.1, -0.05) is 38.1 Å². The largest absolute Gasteiger partial charge is 0.349 e. The average Bonchev–Trinajstić information content (AvgIpc) is 2.90. The third-order valence-corrected chi connectivity index (χ3v) is 8.17. The molecule has 4 saturated carbocycles. The number of hydrogen-bond acceptors (Lipinski definition) is 3. The molecule has 6 heteroatoms. The number of urea groups is 1. The lowest BCUT2D eigenvalue weighted by molar-refractivity contribution is -0.136. The van der Waals surface area contributed by atoms with Crippen molar-refractivity contribution in [3.8, 4) is 0 Å². The molecule has 0 spiro atoms. The van der Waals surface area contributed by atoms with Crippen LogP contribution in [-0.4, -0.2) is 34.8 Å². The molecule has 0 unspecified atom stereocenters. The molecule has 1 saturated heterocycles. The summed E-state index contributed by atoms with van der Waals surface area (Å²) in [6.45, 7) is 5.73. The molecule has 6 nitrogen and oxygen atoms in total. The van der Waals surface area contributed by atoms with E-state index in [1.54, 1.807) is 6.92 Å². The van der Waals surface area contributed by atoms with Gasteiger partial charge >= 0.3 is 6.03 Å². The highest BCUT2D eigenvalue weighted by Gasteiger charge is 2.53. The van der Waals surface area contributed by atoms with Gasteiger partial charge in [0.2, 0.25) is 5.91 Å². The molecule has 4 amide bonds. The second kappa shape index (κ2) is 7.07. The van der Waals surface area contributed by atoms with E-state index in [1.165, 1.54) is 24.8 Å². The summed E-state index contributed by atoms with van der Waals surface area (Å²) in [5.74, 6) is 1.97. The number of amides is 4. The van der Waals surface area contributed by atoms with Crippen LogP contribution >= 0.6 is 0 Å². The number of carbonyl (C=O) groups excluding carboxylic acids is 3. The Morgan fingerprint density at radius 1 is 1.06 bits per heavy atom. The SMILES string of the molecule is CC(C)c1ccc([C@@]2(C)NC(=O)N(CC(=O)NC34CC5CC(CC(C5)C3)C4)C2=O)cc1. The second-order valence-corrected chi connectivity index (χ2v) is 11.0. The van der Waals surface area contributed by atoms with Crippen molar-refractivity contribution in [3.05, 3.63) is 35.4 Å². The van der Waals surface area contributed by atoms with Gasteiger partial charge in [-0.25, -0.2) is 4.79 Å². The number of hydrogen-bond donors (Lipinski definition) is 2. The highest BCUT2D eigenvalue weighted by Crippen LogP contribution is 2.55. The first-order valence-corrected chi connectivity index (χ1v) is 11.7. The first kappa shape index (κ1) is 20.5. The molecule has 166 valence electrons. The minimum atomic E-state index is -1.15. The lowest BCUT2D eigenvalue weighted by atomic mass is 9.53. The minimum absolute atomic E-state index is 0.124. The minimum Gasteiger partial charge on any atom is -0.349 e. The van der Waals surface area contributed by atoms with Crippen LogP contribution in [0.3, 0.4) is 0 Å². The van der Waals surface area contributed by atoms with Crippen molar-refractivity contribution in [1.29, 1.82) is 0 Å². The fourth-order valence-electron chi connectivity index (χ4n) is 6.98. The van der Waals surface area contributed by atoms with E-state index in [4.69, 9.17) is 0 Å². The Morgan fingerprint density at radius 2 is 1.61 bits per heavy atom. The zero-order valence-corrected chi connectivity index (χ0v) is 18.7. The van der Waals surface area contributed by atoms with Gasteiger partial charge in [-0.2, -0.15) is 0 Å². The van der Waals surface area contributed by atoms with Crippen LogP contribution in [0.15, 0.2) is 24.3 Å². The Kier molecular flexibility index (Phi) is 4.68. The maximum Gasteiger partial charge on any atom is 0.325 e. The highest BCUT2D eigenvalue weighted by atomic mass is 16.2. The second-order valence-electron chi connectivity index (χ2n) is 11.0. The van der Waals surface area contributed by atoms with E-state index in [0.29, 0.717) is 5.92 Å². The Bertz CT molecular complexity index is 887. The van der Waals surface area contributed by atoms with E-state index in [0.717, 1.165) is 47.5 Å². The Balaban J connectivity index is 1.28. The summed E-state index contributed by atoms with van der Waals surface area (Å²) in [5.41, 5.74) is 0.643. The van der Waals surface area contributed by atoms with Crippen LogP contribution in [0.5, 0.6) is 0 Å². The zero-order chi connectivity index (χ0) is 22.0. The monoisotopic (exact) mass is 423 g/mol. The summed E-state index contributed by atoms with van der Waals surface area (Å²) in [7, 11) is 0. The van der Waals surface area contributed by atoms with E-state index in [2.05, 4.69) is 24.5 Å². The molecular weight excluding hydrogens is 390 g/mol. The van der Waals surface area contributed by atoms with Gasteiger partial charge in [0.25, 0.3) is 5.91 Å². The summed E-state index contributed by atoms with van der Waals surface area (Å²) in [6, 6.07) is 7.28. The van der Waals surface area contributed by atoms with Crippen molar-refractivity contribution in [2.24, 2.45) is 17.8 Å². The van der Waals surface area contributed by atoms with Gasteiger partial charge in [-0.3, -0.25) is 14.5 Å². The molecule has 0 aromatic heterocycles. The quantitative estimate of drug-likeness (QED) is 0.710. The van der Waals surface area contributed by atoms with Gasteiger partial charge in [-0.15, -0.1) is 0 Å². The van der Waals surface area contributed by atoms with Crippen molar-refractivity contribution in [2.45, 2.75) is 76.3 Å². The van der Waals surface area contributed by atoms with Gasteiger partial charge in [0.15, 0.2) is 0 Å². The summed E-state index contributed by atoms with van der Waals surface area (Å²) >= 11 is 0. The molecule has 5 fully saturated rings. The molecule has 0 radical (unpaired) electrons. The van der Waals surface area contributed by atoms with Crippen molar-refractivity contribution in [3.63, 3.8) is 0 Å². The molecule has 1 heterocycles. The van der Waals surface area contributed by atoms with Gasteiger partial charge < -0.3 is 10.6 Å². The molecule has 1 aromatic carbocycles. The Labute approximate surface area is 184 Å². The summed E-state index contributed by atoms with van der Waals surface area (Å²) in [5, 5.41) is 6.08. The normalized spacial score (nSPS) is 36.3. The average molecular weight is 424 g/mol. The first-order chi connectivity index (χ1) is 14.7. The highest BCUT2D eigenvalue weighted by molar-refractivity contribution is 6.09. The molecule has 4 aliphatic carbocycles. The lowest BCUT2D eigenvalue weighted by Crippen LogP contribution is -2.61. The number of nitrogens with one attached hydrogen (secondary N) is 2. The van der Waals surface area contributed by atoms with Crippen LogP contribution in [0.25, 0.3) is 0 Å².